The third-order valence-corrected chi connectivity index (χ3v) is 5.24. The first-order valence-corrected chi connectivity index (χ1v) is 11.2. The van der Waals surface area contributed by atoms with Crippen molar-refractivity contribution in [2.75, 3.05) is 13.2 Å². The Morgan fingerprint density at radius 1 is 1.15 bits per heavy atom. The number of thioether (sulfide) groups is 1. The molecule has 1 aromatic carbocycles. The normalized spacial score (nSPS) is 14.7. The number of amides is 2. The van der Waals surface area contributed by atoms with E-state index in [1.807, 2.05) is 0 Å². The maximum Gasteiger partial charge on any atom is 0.371 e. The van der Waals surface area contributed by atoms with Gasteiger partial charge in [-0.1, -0.05) is 6.07 Å². The number of hydrogen-bond acceptors (Lipinski definition) is 9. The average Bonchev–Trinajstić information content (AvgIpc) is 3.34. The second-order valence-electron chi connectivity index (χ2n) is 7.31. The van der Waals surface area contributed by atoms with E-state index in [2.05, 4.69) is 0 Å². The molecule has 11 heteroatoms. The van der Waals surface area contributed by atoms with Gasteiger partial charge in [-0.2, -0.15) is 0 Å². The molecule has 1 saturated heterocycles. The summed E-state index contributed by atoms with van der Waals surface area (Å²) in [5.74, 6) is -1.50. The SMILES string of the molecule is CCOc1cc(C=C2SC(=O)N(CC(=O)OC(C)C)C2=O)ccc1OCc1ccc(C(=O)O)o1. The third-order valence-electron chi connectivity index (χ3n) is 4.34. The lowest BCUT2D eigenvalue weighted by Crippen LogP contribution is -2.35. The molecule has 3 rings (SSSR count). The molecule has 0 spiro atoms. The van der Waals surface area contributed by atoms with Crippen molar-refractivity contribution in [3.8, 4) is 11.5 Å². The maximum atomic E-state index is 12.6. The van der Waals surface area contributed by atoms with Gasteiger partial charge in [0.25, 0.3) is 11.1 Å². The van der Waals surface area contributed by atoms with Crippen LogP contribution in [0.2, 0.25) is 0 Å². The Balaban J connectivity index is 1.73. The fraction of sp³-hybridized carbons (Fsp3) is 0.304. The minimum Gasteiger partial charge on any atom is -0.490 e. The van der Waals surface area contributed by atoms with E-state index in [-0.39, 0.29) is 23.4 Å². The Bertz CT molecular complexity index is 1140. The van der Waals surface area contributed by atoms with Crippen LogP contribution in [0.25, 0.3) is 6.08 Å². The fourth-order valence-corrected chi connectivity index (χ4v) is 3.78. The second-order valence-corrected chi connectivity index (χ2v) is 8.30. The summed E-state index contributed by atoms with van der Waals surface area (Å²) in [5.41, 5.74) is 0.581. The van der Waals surface area contributed by atoms with E-state index in [0.29, 0.717) is 29.4 Å². The maximum absolute atomic E-state index is 12.6. The van der Waals surface area contributed by atoms with Gasteiger partial charge in [0.1, 0.15) is 18.9 Å². The van der Waals surface area contributed by atoms with Gasteiger partial charge >= 0.3 is 11.9 Å². The highest BCUT2D eigenvalue weighted by Crippen LogP contribution is 2.35. The second kappa shape index (κ2) is 10.9. The number of ether oxygens (including phenoxy) is 3. The van der Waals surface area contributed by atoms with Crippen molar-refractivity contribution in [2.24, 2.45) is 0 Å². The quantitative estimate of drug-likeness (QED) is 0.386. The Hall–Kier alpha value is -3.73. The van der Waals surface area contributed by atoms with E-state index >= 15 is 0 Å². The third kappa shape index (κ3) is 6.19. The molecule has 34 heavy (non-hydrogen) atoms. The average molecular weight is 490 g/mol. The Morgan fingerprint density at radius 2 is 1.91 bits per heavy atom. The standard InChI is InChI=1S/C23H23NO9S/c1-4-30-18-9-14(5-7-16(18)31-12-15-6-8-17(33-15)22(27)28)10-19-21(26)24(23(29)34-19)11-20(25)32-13(2)3/h5-10,13H,4,11-12H2,1-3H3,(H,27,28). The number of rotatable bonds is 10. The molecule has 0 aliphatic carbocycles. The van der Waals surface area contributed by atoms with Gasteiger partial charge in [-0.3, -0.25) is 19.3 Å². The first-order valence-electron chi connectivity index (χ1n) is 10.3. The van der Waals surface area contributed by atoms with Crippen LogP contribution in [0.5, 0.6) is 11.5 Å². The van der Waals surface area contributed by atoms with Gasteiger partial charge in [-0.25, -0.2) is 4.79 Å². The minimum absolute atomic E-state index is 0.0158. The summed E-state index contributed by atoms with van der Waals surface area (Å²) in [6.45, 7) is 5.03. The van der Waals surface area contributed by atoms with Crippen molar-refractivity contribution in [1.82, 2.24) is 4.90 Å². The molecule has 2 heterocycles. The van der Waals surface area contributed by atoms with Crippen LogP contribution < -0.4 is 9.47 Å². The van der Waals surface area contributed by atoms with E-state index < -0.39 is 29.6 Å². The number of nitrogens with zero attached hydrogens (tertiary/aromatic N) is 1. The molecule has 10 nitrogen and oxygen atoms in total. The zero-order chi connectivity index (χ0) is 24.8. The number of carbonyl (C=O) groups excluding carboxylic acids is 3. The topological polar surface area (TPSA) is 133 Å². The predicted molar refractivity (Wildman–Crippen MR) is 122 cm³/mol. The lowest BCUT2D eigenvalue weighted by atomic mass is 10.2. The molecular formula is C23H23NO9S. The van der Waals surface area contributed by atoms with Crippen LogP contribution in [0.15, 0.2) is 39.7 Å². The number of furan rings is 1. The minimum atomic E-state index is -1.17. The van der Waals surface area contributed by atoms with Crippen molar-refractivity contribution < 1.29 is 42.9 Å². The zero-order valence-corrected chi connectivity index (χ0v) is 19.5. The highest BCUT2D eigenvalue weighted by molar-refractivity contribution is 8.18. The van der Waals surface area contributed by atoms with Crippen LogP contribution in [-0.4, -0.2) is 52.3 Å². The number of benzene rings is 1. The van der Waals surface area contributed by atoms with Gasteiger partial charge in [0.05, 0.1) is 17.6 Å². The number of aromatic carboxylic acids is 1. The number of hydrogen-bond donors (Lipinski definition) is 1. The summed E-state index contributed by atoms with van der Waals surface area (Å²) in [5, 5.41) is 8.39. The largest absolute Gasteiger partial charge is 0.490 e. The van der Waals surface area contributed by atoms with Crippen LogP contribution in [0.4, 0.5) is 4.79 Å². The lowest BCUT2D eigenvalue weighted by molar-refractivity contribution is -0.149. The van der Waals surface area contributed by atoms with E-state index in [0.717, 1.165) is 16.7 Å². The monoisotopic (exact) mass is 489 g/mol. The fourth-order valence-electron chi connectivity index (χ4n) is 2.94. The number of carboxylic acid groups (broad SMARTS) is 1. The van der Waals surface area contributed by atoms with Crippen molar-refractivity contribution in [3.63, 3.8) is 0 Å². The van der Waals surface area contributed by atoms with E-state index in [1.165, 1.54) is 18.2 Å². The molecule has 1 fully saturated rings. The first-order chi connectivity index (χ1) is 16.2. The van der Waals surface area contributed by atoms with Crippen molar-refractivity contribution >= 4 is 40.9 Å². The van der Waals surface area contributed by atoms with Gasteiger partial charge < -0.3 is 23.7 Å². The van der Waals surface area contributed by atoms with Gasteiger partial charge in [0.2, 0.25) is 5.76 Å². The highest BCUT2D eigenvalue weighted by Gasteiger charge is 2.36. The van der Waals surface area contributed by atoms with Crippen LogP contribution in [0, 0.1) is 0 Å². The lowest BCUT2D eigenvalue weighted by Gasteiger charge is -2.13. The smallest absolute Gasteiger partial charge is 0.371 e. The Morgan fingerprint density at radius 3 is 2.56 bits per heavy atom. The summed E-state index contributed by atoms with van der Waals surface area (Å²) in [6, 6.07) is 7.78. The Labute approximate surface area is 199 Å². The van der Waals surface area contributed by atoms with Gasteiger partial charge in [-0.15, -0.1) is 0 Å². The molecule has 180 valence electrons. The number of carbonyl (C=O) groups is 4. The van der Waals surface area contributed by atoms with Crippen molar-refractivity contribution in [3.05, 3.63) is 52.3 Å². The first kappa shape index (κ1) is 24.9. The summed E-state index contributed by atoms with van der Waals surface area (Å²) >= 11 is 0.731. The molecule has 0 atom stereocenters. The van der Waals surface area contributed by atoms with Crippen molar-refractivity contribution in [2.45, 2.75) is 33.5 Å². The molecule has 1 aliphatic rings. The predicted octanol–water partition coefficient (Wildman–Crippen LogP) is 3.94. The van der Waals surface area contributed by atoms with E-state index in [4.69, 9.17) is 23.7 Å². The molecular weight excluding hydrogens is 466 g/mol. The molecule has 0 bridgehead atoms. The summed E-state index contributed by atoms with van der Waals surface area (Å²) < 4.78 is 21.5. The molecule has 0 radical (unpaired) electrons. The van der Waals surface area contributed by atoms with Crippen LogP contribution in [-0.2, 0) is 20.9 Å². The van der Waals surface area contributed by atoms with Crippen LogP contribution in [0.3, 0.4) is 0 Å². The number of esters is 1. The van der Waals surface area contributed by atoms with Gasteiger partial charge in [0, 0.05) is 0 Å². The highest BCUT2D eigenvalue weighted by atomic mass is 32.2. The molecule has 1 aliphatic heterocycles. The molecule has 2 aromatic rings. The van der Waals surface area contributed by atoms with Gasteiger partial charge in [-0.05, 0) is 68.4 Å². The molecule has 0 saturated carbocycles. The number of carboxylic acids is 1. The molecule has 1 N–H and O–H groups in total. The molecule has 2 amide bonds. The Kier molecular flexibility index (Phi) is 8.00. The van der Waals surface area contributed by atoms with E-state index in [1.54, 1.807) is 39.0 Å². The molecule has 1 aromatic heterocycles. The summed E-state index contributed by atoms with van der Waals surface area (Å²) in [7, 11) is 0. The molecule has 0 unspecified atom stereocenters. The van der Waals surface area contributed by atoms with Crippen LogP contribution >= 0.6 is 11.8 Å². The zero-order valence-electron chi connectivity index (χ0n) is 18.7. The van der Waals surface area contributed by atoms with Gasteiger partial charge in [0.15, 0.2) is 11.5 Å². The number of imide groups is 1. The summed E-state index contributed by atoms with van der Waals surface area (Å²) in [6.07, 6.45) is 1.17. The summed E-state index contributed by atoms with van der Waals surface area (Å²) in [4.78, 5) is 48.6. The van der Waals surface area contributed by atoms with Crippen molar-refractivity contribution in [1.29, 1.82) is 0 Å². The van der Waals surface area contributed by atoms with E-state index in [9.17, 15) is 19.2 Å². The van der Waals surface area contributed by atoms with Crippen LogP contribution in [0.1, 0.15) is 42.6 Å².